The fourth-order valence-corrected chi connectivity index (χ4v) is 3.06. The van der Waals surface area contributed by atoms with Crippen molar-refractivity contribution < 1.29 is 23.3 Å². The molecule has 9 heteroatoms. The van der Waals surface area contributed by atoms with Gasteiger partial charge < -0.3 is 15.6 Å². The van der Waals surface area contributed by atoms with Crippen LogP contribution >= 0.6 is 0 Å². The highest BCUT2D eigenvalue weighted by Crippen LogP contribution is 2.36. The number of nitrogens with zero attached hydrogens (tertiary/aromatic N) is 4. The zero-order chi connectivity index (χ0) is 15.4. The lowest BCUT2D eigenvalue weighted by atomic mass is 10.1. The van der Waals surface area contributed by atoms with Gasteiger partial charge in [0, 0.05) is 12.1 Å². The minimum Gasteiger partial charge on any atom is -0.394 e. The number of ether oxygens (including phenoxy) is 1. The Balaban J connectivity index is 1.91. The second-order valence-electron chi connectivity index (χ2n) is 5.56. The molecule has 116 valence electrons. The van der Waals surface area contributed by atoms with Crippen LogP contribution in [0, 0.1) is 11.7 Å². The highest BCUT2D eigenvalue weighted by atomic mass is 19.1. The molecule has 3 atom stereocenters. The van der Waals surface area contributed by atoms with Crippen LogP contribution in [0.5, 0.6) is 0 Å². The smallest absolute Gasteiger partial charge is 0.394 e. The number of rotatable bonds is 2. The van der Waals surface area contributed by atoms with Gasteiger partial charge in [0.2, 0.25) is 5.65 Å². The van der Waals surface area contributed by atoms with Gasteiger partial charge in [-0.3, -0.25) is 9.09 Å². The number of fused-ring (bicyclic) bond motifs is 3. The van der Waals surface area contributed by atoms with Gasteiger partial charge in [-0.2, -0.15) is 0 Å². The van der Waals surface area contributed by atoms with E-state index in [0.29, 0.717) is 12.1 Å². The van der Waals surface area contributed by atoms with Gasteiger partial charge in [-0.25, -0.2) is 4.39 Å². The molecule has 1 aliphatic heterocycles. The van der Waals surface area contributed by atoms with Crippen LogP contribution in [0.2, 0.25) is 0 Å². The lowest BCUT2D eigenvalue weighted by Crippen LogP contribution is -2.20. The van der Waals surface area contributed by atoms with E-state index in [-0.39, 0.29) is 41.9 Å². The third-order valence-electron chi connectivity index (χ3n) is 4.02. The maximum Gasteiger partial charge on any atom is 0.406 e. The van der Waals surface area contributed by atoms with Gasteiger partial charge in [0.05, 0.1) is 12.7 Å². The minimum atomic E-state index is -0.475. The van der Waals surface area contributed by atoms with E-state index in [1.54, 1.807) is 4.57 Å². The molecule has 4 heterocycles. The average Bonchev–Trinajstić information content (AvgIpc) is 3.13. The molecule has 0 spiro atoms. The van der Waals surface area contributed by atoms with Crippen molar-refractivity contribution in [1.82, 2.24) is 14.5 Å². The second-order valence-corrected chi connectivity index (χ2v) is 5.56. The lowest BCUT2D eigenvalue weighted by molar-refractivity contribution is -0.716. The summed E-state index contributed by atoms with van der Waals surface area (Å²) in [5.41, 5.74) is 6.18. The maximum atomic E-state index is 14.4. The Morgan fingerprint density at radius 3 is 3.14 bits per heavy atom. The molecule has 1 fully saturated rings. The van der Waals surface area contributed by atoms with Crippen LogP contribution in [0.1, 0.15) is 19.6 Å². The molecule has 3 N–H and O–H groups in total. The number of anilines is 1. The predicted octanol–water partition coefficient (Wildman–Crippen LogP) is 0.400. The third-order valence-corrected chi connectivity index (χ3v) is 4.02. The first-order valence-electron chi connectivity index (χ1n) is 6.98. The molecule has 0 amide bonds. The number of halogens is 1. The predicted molar refractivity (Wildman–Crippen MR) is 72.1 cm³/mol. The Kier molecular flexibility index (Phi) is 2.81. The van der Waals surface area contributed by atoms with Crippen LogP contribution in [0.3, 0.4) is 0 Å². The molecule has 0 radical (unpaired) electrons. The number of hydrogen-bond acceptors (Lipinski definition) is 6. The summed E-state index contributed by atoms with van der Waals surface area (Å²) in [7, 11) is 0. The Labute approximate surface area is 123 Å². The van der Waals surface area contributed by atoms with Crippen LogP contribution in [-0.2, 0) is 4.74 Å². The van der Waals surface area contributed by atoms with Crippen molar-refractivity contribution in [3.05, 3.63) is 18.3 Å². The first-order chi connectivity index (χ1) is 10.6. The van der Waals surface area contributed by atoms with Crippen molar-refractivity contribution in [1.29, 1.82) is 0 Å². The van der Waals surface area contributed by atoms with Gasteiger partial charge in [-0.15, -0.1) is 0 Å². The number of aliphatic hydroxyl groups is 1. The van der Waals surface area contributed by atoms with Crippen molar-refractivity contribution in [3.63, 3.8) is 0 Å². The molecule has 0 bridgehead atoms. The molecule has 3 aromatic rings. The zero-order valence-electron chi connectivity index (χ0n) is 11.8. The molecule has 0 aromatic carbocycles. The molecule has 3 aromatic heterocycles. The van der Waals surface area contributed by atoms with Crippen molar-refractivity contribution in [2.45, 2.75) is 25.7 Å². The summed E-state index contributed by atoms with van der Waals surface area (Å²) in [6.45, 7) is 1.93. The highest BCUT2D eigenvalue weighted by molar-refractivity contribution is 5.88. The summed E-state index contributed by atoms with van der Waals surface area (Å²) in [4.78, 5) is 8.22. The van der Waals surface area contributed by atoms with Crippen LogP contribution in [0.15, 0.2) is 17.0 Å². The number of aliphatic hydroxyl groups excluding tert-OH is 1. The van der Waals surface area contributed by atoms with Crippen LogP contribution < -0.4 is 10.3 Å². The maximum absolute atomic E-state index is 14.4. The van der Waals surface area contributed by atoms with Crippen LogP contribution in [0.25, 0.3) is 16.7 Å². The van der Waals surface area contributed by atoms with Crippen LogP contribution in [-0.4, -0.2) is 32.4 Å². The van der Waals surface area contributed by atoms with Gasteiger partial charge in [-0.05, 0) is 16.0 Å². The Morgan fingerprint density at radius 1 is 1.59 bits per heavy atom. The lowest BCUT2D eigenvalue weighted by Gasteiger charge is -2.16. The number of nitrogens with two attached hydrogens (primary N) is 1. The monoisotopic (exact) mass is 308 g/mol. The molecular weight excluding hydrogens is 293 g/mol. The SMILES string of the molecule is C[C@H]1C[C@@H](CO)O[C@H]1n1cc(F)c2c1nc[n+]1oc(N)nc21. The first kappa shape index (κ1) is 13.4. The van der Waals surface area contributed by atoms with E-state index in [4.69, 9.17) is 15.0 Å². The van der Waals surface area contributed by atoms with Gasteiger partial charge in [-0.1, -0.05) is 11.9 Å². The number of hydrogen-bond donors (Lipinski definition) is 2. The quantitative estimate of drug-likeness (QED) is 0.664. The fourth-order valence-electron chi connectivity index (χ4n) is 3.06. The molecular formula is C13H15FN5O3+. The second kappa shape index (κ2) is 4.62. The summed E-state index contributed by atoms with van der Waals surface area (Å²) in [6, 6.07) is -0.0627. The Morgan fingerprint density at radius 2 is 2.41 bits per heavy atom. The minimum absolute atomic E-state index is 0.0597. The number of nitrogen functional groups attached to an aromatic ring is 1. The molecule has 8 nitrogen and oxygen atoms in total. The zero-order valence-corrected chi connectivity index (χ0v) is 11.8. The fraction of sp³-hybridized carbons (Fsp3) is 0.462. The standard InChI is InChI=1S/C13H14FN5O3/c1-6-2-7(4-20)21-12(6)18-3-8(14)9-10(18)16-5-19-11(9)17-13(15)22-19/h3,5-7,12,15,20H,2,4H2,1H3/p+1/t6-,7-,12+/m0/s1. The van der Waals surface area contributed by atoms with E-state index in [1.807, 2.05) is 6.92 Å². The van der Waals surface area contributed by atoms with E-state index in [2.05, 4.69) is 9.97 Å². The van der Waals surface area contributed by atoms with E-state index < -0.39 is 5.82 Å². The van der Waals surface area contributed by atoms with Gasteiger partial charge in [0.1, 0.15) is 6.23 Å². The molecule has 1 aliphatic rings. The topological polar surface area (TPSA) is 103 Å². The summed E-state index contributed by atoms with van der Waals surface area (Å²) in [5, 5.41) is 9.48. The molecule has 0 unspecified atom stereocenters. The van der Waals surface area contributed by atoms with Crippen molar-refractivity contribution >= 4 is 22.7 Å². The van der Waals surface area contributed by atoms with Crippen molar-refractivity contribution in [2.75, 3.05) is 12.3 Å². The van der Waals surface area contributed by atoms with Crippen LogP contribution in [0.4, 0.5) is 10.4 Å². The third kappa shape index (κ3) is 1.79. The van der Waals surface area contributed by atoms with Crippen molar-refractivity contribution in [2.24, 2.45) is 5.92 Å². The van der Waals surface area contributed by atoms with E-state index in [1.165, 1.54) is 17.1 Å². The summed E-state index contributed by atoms with van der Waals surface area (Å²) < 4.78 is 28.1. The van der Waals surface area contributed by atoms with Gasteiger partial charge >= 0.3 is 11.7 Å². The first-order valence-corrected chi connectivity index (χ1v) is 6.98. The molecule has 4 rings (SSSR count). The normalized spacial score (nSPS) is 25.5. The van der Waals surface area contributed by atoms with E-state index in [9.17, 15) is 9.50 Å². The summed E-state index contributed by atoms with van der Waals surface area (Å²) >= 11 is 0. The molecule has 22 heavy (non-hydrogen) atoms. The van der Waals surface area contributed by atoms with Gasteiger partial charge in [0.25, 0.3) is 6.33 Å². The summed E-state index contributed by atoms with van der Waals surface area (Å²) in [6.07, 6.45) is 2.80. The highest BCUT2D eigenvalue weighted by Gasteiger charge is 2.36. The molecule has 0 aliphatic carbocycles. The molecule has 0 saturated carbocycles. The Bertz CT molecular complexity index is 860. The largest absolute Gasteiger partial charge is 0.406 e. The summed E-state index contributed by atoms with van der Waals surface area (Å²) in [5.74, 6) is -0.350. The van der Waals surface area contributed by atoms with Gasteiger partial charge in [0.15, 0.2) is 11.2 Å². The van der Waals surface area contributed by atoms with Crippen molar-refractivity contribution in [3.8, 4) is 0 Å². The van der Waals surface area contributed by atoms with E-state index in [0.717, 1.165) is 0 Å². The molecule has 1 saturated heterocycles. The number of aromatic nitrogens is 4. The average molecular weight is 308 g/mol. The van der Waals surface area contributed by atoms with E-state index >= 15 is 0 Å². The Hall–Kier alpha value is -2.26.